The van der Waals surface area contributed by atoms with Gasteiger partial charge in [0.1, 0.15) is 0 Å². The van der Waals surface area contributed by atoms with Gasteiger partial charge in [0.15, 0.2) is 0 Å². The Labute approximate surface area is 142 Å². The topological polar surface area (TPSA) is 63.6 Å². The second kappa shape index (κ2) is 9.91. The van der Waals surface area contributed by atoms with E-state index in [4.69, 9.17) is 9.53 Å². The van der Waals surface area contributed by atoms with E-state index in [1.54, 1.807) is 6.92 Å². The number of aliphatic carboxylic acids is 1. The van der Waals surface area contributed by atoms with E-state index >= 15 is 0 Å². The Balaban J connectivity index is 5.54. The minimum absolute atomic E-state index is 0.255. The van der Waals surface area contributed by atoms with Crippen molar-refractivity contribution in [1.82, 2.24) is 0 Å². The molecule has 0 spiro atoms. The van der Waals surface area contributed by atoms with Gasteiger partial charge in [0.25, 0.3) is 8.32 Å². The van der Waals surface area contributed by atoms with Crippen LogP contribution in [0.2, 0.25) is 18.1 Å². The van der Waals surface area contributed by atoms with E-state index in [-0.39, 0.29) is 5.57 Å². The minimum Gasteiger partial charge on any atom is -0.516 e. The van der Waals surface area contributed by atoms with Gasteiger partial charge in [-0.05, 0) is 42.3 Å². The van der Waals surface area contributed by atoms with E-state index in [1.165, 1.54) is 0 Å². The Morgan fingerprint density at radius 3 is 1.61 bits per heavy atom. The van der Waals surface area contributed by atoms with E-state index < -0.39 is 20.3 Å². The van der Waals surface area contributed by atoms with Gasteiger partial charge in [-0.2, -0.15) is 0 Å². The third-order valence-electron chi connectivity index (χ3n) is 3.59. The lowest BCUT2D eigenvalue weighted by Crippen LogP contribution is -2.44. The van der Waals surface area contributed by atoms with Crippen molar-refractivity contribution in [2.75, 3.05) is 0 Å². The molecule has 0 saturated carbocycles. The summed E-state index contributed by atoms with van der Waals surface area (Å²) in [6, 6.07) is 2.79. The summed E-state index contributed by atoms with van der Waals surface area (Å²) >= 11 is 0. The molecule has 0 bridgehead atoms. The Kier molecular flexibility index (Phi) is 9.43. The normalized spacial score (nSPS) is 13.0. The van der Waals surface area contributed by atoms with E-state index in [0.29, 0.717) is 24.2 Å². The summed E-state index contributed by atoms with van der Waals surface area (Å²) in [5.41, 5.74) is 0.255. The van der Waals surface area contributed by atoms with Crippen molar-refractivity contribution < 1.29 is 19.1 Å². The minimum atomic E-state index is -2.26. The summed E-state index contributed by atoms with van der Waals surface area (Å²) < 4.78 is 6.09. The summed E-state index contributed by atoms with van der Waals surface area (Å²) in [4.78, 5) is 23.4. The zero-order valence-corrected chi connectivity index (χ0v) is 16.8. The number of rotatable bonds is 10. The molecule has 0 heterocycles. The molecule has 0 amide bonds. The molecule has 0 atom stereocenters. The highest BCUT2D eigenvalue weighted by Crippen LogP contribution is 2.34. The molecule has 0 unspecified atom stereocenters. The van der Waals surface area contributed by atoms with Crippen LogP contribution in [-0.4, -0.2) is 25.4 Å². The fourth-order valence-corrected chi connectivity index (χ4v) is 9.06. The highest BCUT2D eigenvalue weighted by Gasteiger charge is 2.41. The molecule has 0 radical (unpaired) electrons. The monoisotopic (exact) mass is 342 g/mol. The van der Waals surface area contributed by atoms with Crippen LogP contribution in [0.5, 0.6) is 0 Å². The van der Waals surface area contributed by atoms with Crippen LogP contribution in [0.3, 0.4) is 0 Å². The van der Waals surface area contributed by atoms with Gasteiger partial charge in [-0.25, -0.2) is 9.59 Å². The summed E-state index contributed by atoms with van der Waals surface area (Å²) in [5, 5.41) is 8.93. The average Bonchev–Trinajstić information content (AvgIpc) is 2.32. The number of carbonyl (C=O) groups is 2. The zero-order valence-electron chi connectivity index (χ0n) is 15.8. The first-order valence-electron chi connectivity index (χ1n) is 8.68. The van der Waals surface area contributed by atoms with Crippen LogP contribution in [0.25, 0.3) is 0 Å². The summed E-state index contributed by atoms with van der Waals surface area (Å²) in [6.45, 7) is 14.7. The predicted octanol–water partition coefficient (Wildman–Crippen LogP) is 4.86. The summed E-state index contributed by atoms with van der Waals surface area (Å²) in [5.74, 6) is -0.146. The Hall–Kier alpha value is -1.10. The quantitative estimate of drug-likeness (QED) is 0.455. The molecule has 0 aromatic heterocycles. The molecule has 0 aromatic carbocycles. The van der Waals surface area contributed by atoms with Gasteiger partial charge in [-0.3, -0.25) is 0 Å². The SMILES string of the molecule is CCC(=CC(=O)O)C(=O)O[Si](CC(C)C)(CC(C)C)CC(C)C. The van der Waals surface area contributed by atoms with Crippen LogP contribution >= 0.6 is 0 Å². The van der Waals surface area contributed by atoms with Crippen LogP contribution in [0.1, 0.15) is 54.9 Å². The first kappa shape index (κ1) is 21.9. The molecule has 1 N–H and O–H groups in total. The first-order chi connectivity index (χ1) is 10.5. The molecule has 0 fully saturated rings. The molecule has 0 saturated heterocycles. The van der Waals surface area contributed by atoms with Gasteiger partial charge in [0, 0.05) is 11.6 Å². The molecular formula is C18H34O4Si. The zero-order chi connectivity index (χ0) is 18.2. The average molecular weight is 343 g/mol. The summed E-state index contributed by atoms with van der Waals surface area (Å²) in [7, 11) is -2.26. The third kappa shape index (κ3) is 8.94. The summed E-state index contributed by atoms with van der Waals surface area (Å²) in [6.07, 6.45) is 1.36. The van der Waals surface area contributed by atoms with Crippen LogP contribution in [0.4, 0.5) is 0 Å². The van der Waals surface area contributed by atoms with Crippen molar-refractivity contribution in [3.05, 3.63) is 11.6 Å². The van der Waals surface area contributed by atoms with E-state index in [9.17, 15) is 9.59 Å². The molecule has 0 aliphatic carbocycles. The van der Waals surface area contributed by atoms with Crippen molar-refractivity contribution >= 4 is 20.3 Å². The van der Waals surface area contributed by atoms with Gasteiger partial charge in [0.2, 0.25) is 0 Å². The van der Waals surface area contributed by atoms with Crippen molar-refractivity contribution in [2.45, 2.75) is 73.0 Å². The maximum Gasteiger partial charge on any atom is 0.328 e. The van der Waals surface area contributed by atoms with Crippen molar-refractivity contribution in [3.8, 4) is 0 Å². The van der Waals surface area contributed by atoms with Crippen LogP contribution in [0.15, 0.2) is 11.6 Å². The lowest BCUT2D eigenvalue weighted by Gasteiger charge is -2.35. The molecular weight excluding hydrogens is 308 g/mol. The van der Waals surface area contributed by atoms with Crippen LogP contribution in [-0.2, 0) is 14.0 Å². The Morgan fingerprint density at radius 2 is 1.35 bits per heavy atom. The first-order valence-corrected chi connectivity index (χ1v) is 11.2. The molecule has 0 aliphatic heterocycles. The third-order valence-corrected chi connectivity index (χ3v) is 8.89. The lowest BCUT2D eigenvalue weighted by atomic mass is 10.2. The molecule has 134 valence electrons. The van der Waals surface area contributed by atoms with Gasteiger partial charge in [-0.15, -0.1) is 0 Å². The van der Waals surface area contributed by atoms with Crippen LogP contribution < -0.4 is 0 Å². The fraction of sp³-hybridized carbons (Fsp3) is 0.778. The Morgan fingerprint density at radius 1 is 0.957 bits per heavy atom. The fourth-order valence-electron chi connectivity index (χ4n) is 3.32. The number of hydrogen-bond acceptors (Lipinski definition) is 3. The molecule has 0 aliphatic rings. The molecule has 23 heavy (non-hydrogen) atoms. The largest absolute Gasteiger partial charge is 0.516 e. The number of carbonyl (C=O) groups excluding carboxylic acids is 1. The number of hydrogen-bond donors (Lipinski definition) is 1. The van der Waals surface area contributed by atoms with Crippen LogP contribution in [0, 0.1) is 17.8 Å². The van der Waals surface area contributed by atoms with Gasteiger partial charge in [0.05, 0.1) is 0 Å². The smallest absolute Gasteiger partial charge is 0.328 e. The predicted molar refractivity (Wildman–Crippen MR) is 96.8 cm³/mol. The van der Waals surface area contributed by atoms with Gasteiger partial charge >= 0.3 is 11.9 Å². The standard InChI is InChI=1S/C18H34O4Si/c1-8-16(9-17(19)20)18(21)22-23(10-13(2)3,11-14(4)5)12-15(6)7/h9,13-15H,8,10-12H2,1-7H3,(H,19,20). The van der Waals surface area contributed by atoms with E-state index in [2.05, 4.69) is 41.5 Å². The molecule has 0 aromatic rings. The Bertz CT molecular complexity index is 398. The lowest BCUT2D eigenvalue weighted by molar-refractivity contribution is -0.134. The molecule has 0 rings (SSSR count). The number of carboxylic acids is 1. The highest BCUT2D eigenvalue weighted by atomic mass is 28.4. The van der Waals surface area contributed by atoms with E-state index in [0.717, 1.165) is 24.2 Å². The van der Waals surface area contributed by atoms with E-state index in [1.807, 2.05) is 0 Å². The maximum absolute atomic E-state index is 12.6. The van der Waals surface area contributed by atoms with Gasteiger partial charge in [-0.1, -0.05) is 48.5 Å². The van der Waals surface area contributed by atoms with Crippen molar-refractivity contribution in [3.63, 3.8) is 0 Å². The van der Waals surface area contributed by atoms with Crippen molar-refractivity contribution in [2.24, 2.45) is 17.8 Å². The molecule has 4 nitrogen and oxygen atoms in total. The maximum atomic E-state index is 12.6. The second-order valence-electron chi connectivity index (χ2n) is 7.73. The van der Waals surface area contributed by atoms with Gasteiger partial charge < -0.3 is 9.53 Å². The highest BCUT2D eigenvalue weighted by molar-refractivity contribution is 6.75. The second-order valence-corrected chi connectivity index (χ2v) is 11.5. The molecule has 5 heteroatoms. The number of carboxylic acid groups (broad SMARTS) is 1. The van der Waals surface area contributed by atoms with Crippen molar-refractivity contribution in [1.29, 1.82) is 0 Å².